The first-order valence-electron chi connectivity index (χ1n) is 5.04. The summed E-state index contributed by atoms with van der Waals surface area (Å²) in [7, 11) is 2.05. The molecule has 1 rings (SSSR count). The van der Waals surface area contributed by atoms with Gasteiger partial charge >= 0.3 is 0 Å². The van der Waals surface area contributed by atoms with Crippen LogP contribution >= 0.6 is 0 Å². The molecular weight excluding hydrogens is 176 g/mol. The number of nitrogens with two attached hydrogens (primary N) is 1. The first kappa shape index (κ1) is 10.9. The van der Waals surface area contributed by atoms with Crippen LogP contribution in [0.5, 0.6) is 0 Å². The zero-order valence-corrected chi connectivity index (χ0v) is 9.70. The molecule has 80 valence electrons. The third-order valence-electron chi connectivity index (χ3n) is 2.55. The monoisotopic (exact) mass is 196 g/mol. The summed E-state index contributed by atoms with van der Waals surface area (Å²) in [5, 5.41) is 4.38. The van der Waals surface area contributed by atoms with Crippen LogP contribution in [0, 0.1) is 6.92 Å². The predicted molar refractivity (Wildman–Crippen MR) is 60.6 cm³/mol. The summed E-state index contributed by atoms with van der Waals surface area (Å²) < 4.78 is 1.95. The highest BCUT2D eigenvalue weighted by Gasteiger charge is 2.16. The van der Waals surface area contributed by atoms with Crippen LogP contribution in [0.1, 0.15) is 26.5 Å². The lowest BCUT2D eigenvalue weighted by Gasteiger charge is -2.24. The van der Waals surface area contributed by atoms with Gasteiger partial charge in [-0.25, -0.2) is 4.68 Å². The molecule has 0 radical (unpaired) electrons. The van der Waals surface area contributed by atoms with Crippen LogP contribution in [0.3, 0.4) is 0 Å². The van der Waals surface area contributed by atoms with Gasteiger partial charge < -0.3 is 10.6 Å². The summed E-state index contributed by atoms with van der Waals surface area (Å²) in [4.78, 5) is 2.15. The molecule has 0 fully saturated rings. The highest BCUT2D eigenvalue weighted by Crippen LogP contribution is 2.26. The van der Waals surface area contributed by atoms with E-state index in [0.29, 0.717) is 6.04 Å². The van der Waals surface area contributed by atoms with Crippen molar-refractivity contribution in [1.29, 1.82) is 0 Å². The second kappa shape index (κ2) is 3.90. The fourth-order valence-electron chi connectivity index (χ4n) is 1.42. The molecule has 0 atom stereocenters. The van der Waals surface area contributed by atoms with Crippen molar-refractivity contribution in [2.75, 3.05) is 17.7 Å². The van der Waals surface area contributed by atoms with E-state index in [1.807, 2.05) is 18.7 Å². The first-order valence-corrected chi connectivity index (χ1v) is 5.04. The van der Waals surface area contributed by atoms with Crippen molar-refractivity contribution < 1.29 is 0 Å². The van der Waals surface area contributed by atoms with Crippen molar-refractivity contribution in [2.24, 2.45) is 0 Å². The van der Waals surface area contributed by atoms with Gasteiger partial charge in [-0.3, -0.25) is 0 Å². The number of hydrogen-bond acceptors (Lipinski definition) is 3. The number of aryl methyl sites for hydroxylation is 2. The lowest BCUT2D eigenvalue weighted by Crippen LogP contribution is -2.28. The van der Waals surface area contributed by atoms with Crippen molar-refractivity contribution in [2.45, 2.75) is 40.3 Å². The van der Waals surface area contributed by atoms with Gasteiger partial charge in [0.1, 0.15) is 0 Å². The summed E-state index contributed by atoms with van der Waals surface area (Å²) in [6.07, 6.45) is 0. The third-order valence-corrected chi connectivity index (χ3v) is 2.55. The minimum absolute atomic E-state index is 0.429. The van der Waals surface area contributed by atoms with E-state index in [-0.39, 0.29) is 0 Å². The van der Waals surface area contributed by atoms with E-state index in [4.69, 9.17) is 5.73 Å². The molecule has 0 aliphatic heterocycles. The Morgan fingerprint density at radius 2 is 2.07 bits per heavy atom. The zero-order chi connectivity index (χ0) is 10.9. The molecule has 14 heavy (non-hydrogen) atoms. The Balaban J connectivity index is 3.17. The van der Waals surface area contributed by atoms with E-state index in [0.717, 1.165) is 23.7 Å². The van der Waals surface area contributed by atoms with Crippen molar-refractivity contribution in [1.82, 2.24) is 9.78 Å². The third kappa shape index (κ3) is 1.69. The van der Waals surface area contributed by atoms with Crippen LogP contribution in [0.2, 0.25) is 0 Å². The van der Waals surface area contributed by atoms with Crippen molar-refractivity contribution in [3.63, 3.8) is 0 Å². The van der Waals surface area contributed by atoms with Gasteiger partial charge in [0.25, 0.3) is 0 Å². The van der Waals surface area contributed by atoms with Crippen LogP contribution in [0.25, 0.3) is 0 Å². The van der Waals surface area contributed by atoms with Crippen molar-refractivity contribution in [3.05, 3.63) is 5.69 Å². The lowest BCUT2D eigenvalue weighted by atomic mass is 10.3. The minimum Gasteiger partial charge on any atom is -0.394 e. The summed E-state index contributed by atoms with van der Waals surface area (Å²) in [6, 6.07) is 0.429. The maximum Gasteiger partial charge on any atom is 0.150 e. The summed E-state index contributed by atoms with van der Waals surface area (Å²) >= 11 is 0. The number of anilines is 2. The van der Waals surface area contributed by atoms with E-state index < -0.39 is 0 Å². The average Bonchev–Trinajstić information content (AvgIpc) is 2.42. The van der Waals surface area contributed by atoms with Gasteiger partial charge in [0.15, 0.2) is 5.82 Å². The highest BCUT2D eigenvalue weighted by molar-refractivity contribution is 5.66. The van der Waals surface area contributed by atoms with Gasteiger partial charge in [0, 0.05) is 19.6 Å². The van der Waals surface area contributed by atoms with Crippen LogP contribution in [-0.4, -0.2) is 22.9 Å². The molecule has 1 aromatic heterocycles. The SMILES string of the molecule is CCn1nc(C)c(N)c1N(C)C(C)C. The van der Waals surface area contributed by atoms with E-state index in [1.165, 1.54) is 0 Å². The molecule has 0 bridgehead atoms. The Morgan fingerprint density at radius 3 is 2.50 bits per heavy atom. The van der Waals surface area contributed by atoms with Crippen LogP contribution in [0.4, 0.5) is 11.5 Å². The normalized spacial score (nSPS) is 11.0. The minimum atomic E-state index is 0.429. The van der Waals surface area contributed by atoms with Gasteiger partial charge in [0.2, 0.25) is 0 Å². The smallest absolute Gasteiger partial charge is 0.150 e. The predicted octanol–water partition coefficient (Wildman–Crippen LogP) is 1.64. The number of nitrogens with zero attached hydrogens (tertiary/aromatic N) is 3. The maximum absolute atomic E-state index is 5.99. The molecule has 0 saturated heterocycles. The fourth-order valence-corrected chi connectivity index (χ4v) is 1.42. The van der Waals surface area contributed by atoms with E-state index in [1.54, 1.807) is 0 Å². The summed E-state index contributed by atoms with van der Waals surface area (Å²) in [6.45, 7) is 9.15. The molecule has 0 spiro atoms. The second-order valence-electron chi connectivity index (χ2n) is 3.84. The molecule has 2 N–H and O–H groups in total. The molecule has 0 unspecified atom stereocenters. The highest BCUT2D eigenvalue weighted by atomic mass is 15.4. The Bertz CT molecular complexity index is 314. The van der Waals surface area contributed by atoms with Crippen LogP contribution in [-0.2, 0) is 6.54 Å². The van der Waals surface area contributed by atoms with Gasteiger partial charge in [-0.2, -0.15) is 5.10 Å². The molecule has 4 heteroatoms. The Morgan fingerprint density at radius 1 is 1.50 bits per heavy atom. The zero-order valence-electron chi connectivity index (χ0n) is 9.70. The number of rotatable bonds is 3. The Hall–Kier alpha value is -1.19. The topological polar surface area (TPSA) is 47.1 Å². The average molecular weight is 196 g/mol. The Labute approximate surface area is 85.7 Å². The molecule has 0 aliphatic rings. The number of hydrogen-bond donors (Lipinski definition) is 1. The summed E-state index contributed by atoms with van der Waals surface area (Å²) in [5.74, 6) is 1.03. The second-order valence-corrected chi connectivity index (χ2v) is 3.84. The van der Waals surface area contributed by atoms with Gasteiger partial charge in [-0.1, -0.05) is 0 Å². The molecule has 1 aromatic rings. The van der Waals surface area contributed by atoms with Crippen LogP contribution < -0.4 is 10.6 Å². The molecular formula is C10H20N4. The van der Waals surface area contributed by atoms with Gasteiger partial charge in [0.05, 0.1) is 11.4 Å². The maximum atomic E-state index is 5.99. The number of aromatic nitrogens is 2. The number of nitrogen functional groups attached to an aromatic ring is 1. The molecule has 1 heterocycles. The first-order chi connectivity index (χ1) is 6.49. The van der Waals surface area contributed by atoms with Gasteiger partial charge in [-0.15, -0.1) is 0 Å². The molecule has 0 saturated carbocycles. The van der Waals surface area contributed by atoms with E-state index in [9.17, 15) is 0 Å². The fraction of sp³-hybridized carbons (Fsp3) is 0.700. The van der Waals surface area contributed by atoms with Crippen molar-refractivity contribution in [3.8, 4) is 0 Å². The molecule has 4 nitrogen and oxygen atoms in total. The standard InChI is InChI=1S/C10H20N4/c1-6-14-10(13(5)7(2)3)9(11)8(4)12-14/h7H,6,11H2,1-5H3. The van der Waals surface area contributed by atoms with Gasteiger partial charge in [-0.05, 0) is 27.7 Å². The van der Waals surface area contributed by atoms with E-state index >= 15 is 0 Å². The van der Waals surface area contributed by atoms with Crippen LogP contribution in [0.15, 0.2) is 0 Å². The van der Waals surface area contributed by atoms with E-state index in [2.05, 4.69) is 30.8 Å². The molecule has 0 amide bonds. The lowest BCUT2D eigenvalue weighted by molar-refractivity contribution is 0.623. The quantitative estimate of drug-likeness (QED) is 0.799. The van der Waals surface area contributed by atoms with Crippen molar-refractivity contribution >= 4 is 11.5 Å². The molecule has 0 aromatic carbocycles. The summed E-state index contributed by atoms with van der Waals surface area (Å²) in [5.41, 5.74) is 7.70. The molecule has 0 aliphatic carbocycles. The largest absolute Gasteiger partial charge is 0.394 e. The Kier molecular flexibility index (Phi) is 3.03.